The lowest BCUT2D eigenvalue weighted by atomic mass is 9.99. The Bertz CT molecular complexity index is 1030. The van der Waals surface area contributed by atoms with Crippen molar-refractivity contribution in [1.29, 1.82) is 0 Å². The van der Waals surface area contributed by atoms with Crippen molar-refractivity contribution in [3.05, 3.63) is 64.5 Å². The van der Waals surface area contributed by atoms with E-state index in [0.29, 0.717) is 22.9 Å². The highest BCUT2D eigenvalue weighted by atomic mass is 16.4. The Kier molecular flexibility index (Phi) is 6.11. The first-order chi connectivity index (χ1) is 13.5. The highest BCUT2D eigenvalue weighted by Gasteiger charge is 2.19. The molecule has 0 bridgehead atoms. The number of aliphatic carboxylic acids is 1. The van der Waals surface area contributed by atoms with E-state index < -0.39 is 17.6 Å². The van der Waals surface area contributed by atoms with E-state index in [2.05, 4.69) is 5.32 Å². The summed E-state index contributed by atoms with van der Waals surface area (Å²) in [6, 6.07) is 13.4. The molecule has 1 heterocycles. The van der Waals surface area contributed by atoms with Crippen molar-refractivity contribution < 1.29 is 19.4 Å². The van der Waals surface area contributed by atoms with Gasteiger partial charge in [0.15, 0.2) is 0 Å². The lowest BCUT2D eigenvalue weighted by Gasteiger charge is -2.16. The maximum absolute atomic E-state index is 12.2. The Hall–Kier alpha value is -3.12. The van der Waals surface area contributed by atoms with E-state index in [1.165, 1.54) is 12.1 Å². The van der Waals surface area contributed by atoms with E-state index in [1.54, 1.807) is 6.07 Å². The van der Waals surface area contributed by atoms with Crippen LogP contribution in [0.1, 0.15) is 31.7 Å². The average molecular weight is 381 g/mol. The molecule has 0 amide bonds. The van der Waals surface area contributed by atoms with Gasteiger partial charge in [-0.05, 0) is 29.7 Å². The fraction of sp³-hybridized carbons (Fsp3) is 0.273. The second kappa shape index (κ2) is 8.71. The summed E-state index contributed by atoms with van der Waals surface area (Å²) < 4.78 is 5.41. The number of hydrogen-bond donors (Lipinski definition) is 3. The summed E-state index contributed by atoms with van der Waals surface area (Å²) in [5.74, 6) is -0.993. The zero-order valence-corrected chi connectivity index (χ0v) is 15.6. The number of rotatable bonds is 8. The first-order valence-electron chi connectivity index (χ1n) is 9.31. The Morgan fingerprint density at radius 1 is 1.18 bits per heavy atom. The highest BCUT2D eigenvalue weighted by Crippen LogP contribution is 2.33. The molecule has 6 heteroatoms. The Morgan fingerprint density at radius 3 is 2.61 bits per heavy atom. The number of carboxylic acids is 1. The van der Waals surface area contributed by atoms with Gasteiger partial charge in [-0.1, -0.05) is 50.1 Å². The van der Waals surface area contributed by atoms with Crippen LogP contribution in [-0.4, -0.2) is 22.2 Å². The molecule has 2 aromatic carbocycles. The second-order valence-corrected chi connectivity index (χ2v) is 6.70. The molecule has 0 fully saturated rings. The van der Waals surface area contributed by atoms with Crippen molar-refractivity contribution in [2.24, 2.45) is 0 Å². The molecule has 0 aliphatic heterocycles. The molecule has 0 radical (unpaired) electrons. The maximum atomic E-state index is 12.2. The molecule has 3 aromatic rings. The van der Waals surface area contributed by atoms with Crippen molar-refractivity contribution in [3.8, 4) is 16.9 Å². The lowest BCUT2D eigenvalue weighted by molar-refractivity contribution is -0.139. The third-order valence-electron chi connectivity index (χ3n) is 4.75. The van der Waals surface area contributed by atoms with Crippen LogP contribution in [0.3, 0.4) is 0 Å². The summed E-state index contributed by atoms with van der Waals surface area (Å²) in [6.07, 6.45) is 2.15. The molecule has 0 aliphatic carbocycles. The second-order valence-electron chi connectivity index (χ2n) is 6.70. The van der Waals surface area contributed by atoms with Gasteiger partial charge in [-0.15, -0.1) is 0 Å². The van der Waals surface area contributed by atoms with Gasteiger partial charge in [0.1, 0.15) is 17.4 Å². The monoisotopic (exact) mass is 381 g/mol. The smallest absolute Gasteiger partial charge is 0.336 e. The topological polar surface area (TPSA) is 99.8 Å². The molecular weight excluding hydrogens is 358 g/mol. The Morgan fingerprint density at radius 2 is 1.93 bits per heavy atom. The normalized spacial score (nSPS) is 12.2. The van der Waals surface area contributed by atoms with Crippen LogP contribution in [0.25, 0.3) is 22.1 Å². The molecule has 3 N–H and O–H groups in total. The molecule has 1 aromatic heterocycles. The maximum Gasteiger partial charge on any atom is 0.336 e. The first kappa shape index (κ1) is 19.6. The number of phenolic OH excluding ortho intramolecular Hbond substituents is 1. The summed E-state index contributed by atoms with van der Waals surface area (Å²) in [5, 5.41) is 23.4. The lowest BCUT2D eigenvalue weighted by Crippen LogP contribution is -2.36. The van der Waals surface area contributed by atoms with Gasteiger partial charge in [-0.3, -0.25) is 4.79 Å². The largest absolute Gasteiger partial charge is 0.507 e. The van der Waals surface area contributed by atoms with Gasteiger partial charge in [0, 0.05) is 18.0 Å². The van der Waals surface area contributed by atoms with E-state index >= 15 is 0 Å². The van der Waals surface area contributed by atoms with Crippen molar-refractivity contribution in [1.82, 2.24) is 5.32 Å². The predicted octanol–water partition coefficient (Wildman–Crippen LogP) is 3.90. The minimum absolute atomic E-state index is 0.0482. The van der Waals surface area contributed by atoms with Crippen LogP contribution in [0.4, 0.5) is 0 Å². The van der Waals surface area contributed by atoms with Crippen molar-refractivity contribution in [2.75, 3.05) is 0 Å². The van der Waals surface area contributed by atoms with E-state index in [1.807, 2.05) is 37.3 Å². The predicted molar refractivity (Wildman–Crippen MR) is 107 cm³/mol. The number of aromatic hydroxyl groups is 1. The van der Waals surface area contributed by atoms with Crippen molar-refractivity contribution >= 4 is 16.9 Å². The van der Waals surface area contributed by atoms with Crippen LogP contribution in [-0.2, 0) is 11.3 Å². The number of nitrogens with one attached hydrogen (secondary N) is 1. The zero-order valence-electron chi connectivity index (χ0n) is 15.6. The van der Waals surface area contributed by atoms with E-state index in [-0.39, 0.29) is 17.9 Å². The summed E-state index contributed by atoms with van der Waals surface area (Å²) in [5.41, 5.74) is 1.66. The molecule has 0 unspecified atom stereocenters. The fourth-order valence-electron chi connectivity index (χ4n) is 3.25. The molecule has 0 saturated carbocycles. The van der Waals surface area contributed by atoms with Crippen molar-refractivity contribution in [3.63, 3.8) is 0 Å². The third-order valence-corrected chi connectivity index (χ3v) is 4.75. The Labute approximate surface area is 162 Å². The number of hydrogen-bond acceptors (Lipinski definition) is 5. The number of carboxylic acid groups (broad SMARTS) is 1. The molecule has 0 saturated heterocycles. The molecule has 0 spiro atoms. The summed E-state index contributed by atoms with van der Waals surface area (Å²) >= 11 is 0. The minimum Gasteiger partial charge on any atom is -0.507 e. The molecular formula is C22H23NO5. The number of benzene rings is 2. The van der Waals surface area contributed by atoms with E-state index in [9.17, 15) is 19.8 Å². The van der Waals surface area contributed by atoms with Gasteiger partial charge in [0.25, 0.3) is 0 Å². The van der Waals surface area contributed by atoms with Gasteiger partial charge in [0.2, 0.25) is 0 Å². The number of carbonyl (C=O) groups is 1. The van der Waals surface area contributed by atoms with Gasteiger partial charge in [-0.2, -0.15) is 0 Å². The van der Waals surface area contributed by atoms with E-state index in [0.717, 1.165) is 18.4 Å². The number of phenols is 1. The number of fused-ring (bicyclic) bond motifs is 1. The Balaban J connectivity index is 2.03. The van der Waals surface area contributed by atoms with Crippen LogP contribution in [0, 0.1) is 0 Å². The van der Waals surface area contributed by atoms with Crippen LogP contribution in [0.15, 0.2) is 57.7 Å². The number of unbranched alkanes of at least 4 members (excludes halogenated alkanes) is 1. The van der Waals surface area contributed by atoms with Crippen molar-refractivity contribution in [2.45, 2.75) is 38.8 Å². The fourth-order valence-corrected chi connectivity index (χ4v) is 3.25. The van der Waals surface area contributed by atoms with Crippen LogP contribution in [0.5, 0.6) is 5.75 Å². The van der Waals surface area contributed by atoms with Crippen LogP contribution < -0.4 is 10.9 Å². The summed E-state index contributed by atoms with van der Waals surface area (Å²) in [4.78, 5) is 23.6. The summed E-state index contributed by atoms with van der Waals surface area (Å²) in [7, 11) is 0. The molecule has 3 rings (SSSR count). The minimum atomic E-state index is -0.945. The molecule has 28 heavy (non-hydrogen) atoms. The van der Waals surface area contributed by atoms with Gasteiger partial charge in [0.05, 0.1) is 5.56 Å². The van der Waals surface area contributed by atoms with E-state index in [4.69, 9.17) is 4.42 Å². The summed E-state index contributed by atoms with van der Waals surface area (Å²) in [6.45, 7) is 2.07. The molecule has 0 aliphatic rings. The standard InChI is InChI=1S/C22H23NO5/c1-2-3-9-18(22(26)27)23-13-17-19(24)11-10-15-16(12-20(25)28-21(15)17)14-7-5-4-6-8-14/h4-8,10-12,18,23-24H,2-3,9,13H2,1H3,(H,26,27)/t18-/m1/s1. The molecule has 146 valence electrons. The zero-order chi connectivity index (χ0) is 20.1. The average Bonchev–Trinajstić information content (AvgIpc) is 2.69. The van der Waals surface area contributed by atoms with Crippen LogP contribution in [0.2, 0.25) is 0 Å². The first-order valence-corrected chi connectivity index (χ1v) is 9.31. The van der Waals surface area contributed by atoms with Gasteiger partial charge < -0.3 is 19.9 Å². The molecule has 1 atom stereocenters. The van der Waals surface area contributed by atoms with Crippen LogP contribution >= 0.6 is 0 Å². The quantitative estimate of drug-likeness (QED) is 0.512. The molecule has 6 nitrogen and oxygen atoms in total. The van der Waals surface area contributed by atoms with Gasteiger partial charge >= 0.3 is 11.6 Å². The highest BCUT2D eigenvalue weighted by molar-refractivity contribution is 5.95. The third kappa shape index (κ3) is 4.23. The SMILES string of the molecule is CCCC[C@@H](NCc1c(O)ccc2c(-c3ccccc3)cc(=O)oc12)C(=O)O. The van der Waals surface area contributed by atoms with Gasteiger partial charge in [-0.25, -0.2) is 4.79 Å².